The van der Waals surface area contributed by atoms with Crippen LogP contribution < -0.4 is 0 Å². The van der Waals surface area contributed by atoms with Crippen molar-refractivity contribution >= 4 is 46.4 Å². The molecule has 2 aromatic rings. The van der Waals surface area contributed by atoms with Gasteiger partial charge in [0.05, 0.1) is 0 Å². The van der Waals surface area contributed by atoms with E-state index in [1.807, 2.05) is 22.9 Å². The number of imidazole rings is 1. The topological polar surface area (TPSA) is 38.0 Å². The van der Waals surface area contributed by atoms with Gasteiger partial charge in [0, 0.05) is 32.1 Å². The molecular formula is C12H8BrIN2O. The number of phenols is 1. The molecule has 0 unspecified atom stereocenters. The highest BCUT2D eigenvalue weighted by atomic mass is 127. The molecular weight excluding hydrogens is 395 g/mol. The Balaban J connectivity index is 2.18. The van der Waals surface area contributed by atoms with Gasteiger partial charge in [-0.25, -0.2) is 4.98 Å². The van der Waals surface area contributed by atoms with Crippen LogP contribution in [0, 0.1) is 0 Å². The maximum Gasteiger partial charge on any atom is 0.145 e. The zero-order chi connectivity index (χ0) is 11.8. The van der Waals surface area contributed by atoms with E-state index in [0.29, 0.717) is 0 Å². The lowest BCUT2D eigenvalue weighted by Crippen LogP contribution is -2.03. The third kappa shape index (κ3) is 1.97. The van der Waals surface area contributed by atoms with Crippen LogP contribution in [0.3, 0.4) is 0 Å². The number of hydrogen-bond acceptors (Lipinski definition) is 2. The largest absolute Gasteiger partial charge is 0.507 e. The van der Waals surface area contributed by atoms with Gasteiger partial charge in [0.25, 0.3) is 0 Å². The molecule has 86 valence electrons. The quantitative estimate of drug-likeness (QED) is 0.743. The van der Waals surface area contributed by atoms with Gasteiger partial charge in [-0.3, -0.25) is 0 Å². The highest BCUT2D eigenvalue weighted by molar-refractivity contribution is 14.2. The standard InChI is InChI=1S/C12H8BrIN2O/c13-8-1-2-9(11(17)5-8)10-6-14-7-16-4-3-15-12(10)16/h1-7,17H. The summed E-state index contributed by atoms with van der Waals surface area (Å²) < 4.78 is 7.26. The fourth-order valence-corrected chi connectivity index (χ4v) is 3.99. The van der Waals surface area contributed by atoms with Crippen LogP contribution in [0.15, 0.2) is 39.1 Å². The second kappa shape index (κ2) is 4.38. The van der Waals surface area contributed by atoms with Crippen LogP contribution in [0.5, 0.6) is 5.75 Å². The molecule has 3 rings (SSSR count). The molecule has 0 aliphatic carbocycles. The summed E-state index contributed by atoms with van der Waals surface area (Å²) in [5, 5.41) is 10.0. The summed E-state index contributed by atoms with van der Waals surface area (Å²) in [5.74, 6) is 1.18. The second-order valence-corrected chi connectivity index (χ2v) is 6.38. The Hall–Kier alpha value is -0.950. The van der Waals surface area contributed by atoms with E-state index in [1.165, 1.54) is 0 Å². The molecule has 5 heteroatoms. The van der Waals surface area contributed by atoms with Crippen molar-refractivity contribution in [1.82, 2.24) is 9.55 Å². The molecule has 0 radical (unpaired) electrons. The van der Waals surface area contributed by atoms with Crippen molar-refractivity contribution in [2.75, 3.05) is 0 Å². The first-order chi connectivity index (χ1) is 8.25. The lowest BCUT2D eigenvalue weighted by Gasteiger charge is -2.12. The smallest absolute Gasteiger partial charge is 0.145 e. The first-order valence-electron chi connectivity index (χ1n) is 4.93. The lowest BCUT2D eigenvalue weighted by molar-refractivity contribution is 0.473. The van der Waals surface area contributed by atoms with Crippen molar-refractivity contribution in [3.8, 4) is 5.75 Å². The molecule has 17 heavy (non-hydrogen) atoms. The normalized spacial score (nSPS) is 13.8. The Bertz CT molecular complexity index is 646. The Morgan fingerprint density at radius 3 is 3.06 bits per heavy atom. The third-order valence-corrected chi connectivity index (χ3v) is 4.89. The Morgan fingerprint density at radius 2 is 2.24 bits per heavy atom. The van der Waals surface area contributed by atoms with E-state index in [4.69, 9.17) is 0 Å². The fourth-order valence-electron chi connectivity index (χ4n) is 1.71. The first kappa shape index (κ1) is 11.2. The molecule has 2 heterocycles. The fraction of sp³-hybridized carbons (Fsp3) is 0. The molecule has 0 amide bonds. The number of phenolic OH excluding ortho intramolecular Hbond substituents is 1. The minimum Gasteiger partial charge on any atom is -0.507 e. The van der Waals surface area contributed by atoms with Gasteiger partial charge in [-0.1, -0.05) is 36.7 Å². The van der Waals surface area contributed by atoms with Crippen LogP contribution in [-0.4, -0.2) is 18.8 Å². The summed E-state index contributed by atoms with van der Waals surface area (Å²) in [6, 6.07) is 5.55. The van der Waals surface area contributed by atoms with Gasteiger partial charge < -0.3 is 9.67 Å². The number of aromatic hydroxyl groups is 1. The van der Waals surface area contributed by atoms with E-state index in [0.717, 1.165) is 21.4 Å². The number of fused-ring (bicyclic) bond motifs is 1. The number of halogens is 2. The van der Waals surface area contributed by atoms with E-state index in [2.05, 4.69) is 29.1 Å². The maximum absolute atomic E-state index is 10.0. The summed E-state index contributed by atoms with van der Waals surface area (Å²) in [7, 11) is 0. The second-order valence-electron chi connectivity index (χ2n) is 3.57. The highest BCUT2D eigenvalue weighted by Gasteiger charge is 2.15. The van der Waals surface area contributed by atoms with Crippen LogP contribution in [0.1, 0.15) is 11.4 Å². The molecule has 0 fully saturated rings. The van der Waals surface area contributed by atoms with Crippen LogP contribution in [0.2, 0.25) is 0 Å². The molecule has 1 aromatic heterocycles. The third-order valence-electron chi connectivity index (χ3n) is 2.49. The van der Waals surface area contributed by atoms with Crippen molar-refractivity contribution in [2.45, 2.75) is 0 Å². The average molecular weight is 403 g/mol. The first-order valence-corrected chi connectivity index (χ1v) is 8.22. The zero-order valence-electron chi connectivity index (χ0n) is 8.64. The van der Waals surface area contributed by atoms with E-state index in [1.54, 1.807) is 12.3 Å². The van der Waals surface area contributed by atoms with Gasteiger partial charge in [0.1, 0.15) is 11.6 Å². The Labute approximate surface area is 117 Å². The molecule has 1 aliphatic heterocycles. The van der Waals surface area contributed by atoms with E-state index < -0.39 is 0 Å². The van der Waals surface area contributed by atoms with Gasteiger partial charge in [-0.2, -0.15) is 0 Å². The average Bonchev–Trinajstić information content (AvgIpc) is 2.77. The van der Waals surface area contributed by atoms with Gasteiger partial charge in [0.2, 0.25) is 0 Å². The van der Waals surface area contributed by atoms with Crippen molar-refractivity contribution in [2.24, 2.45) is 0 Å². The molecule has 3 nitrogen and oxygen atoms in total. The van der Waals surface area contributed by atoms with Crippen LogP contribution in [0.25, 0.3) is 5.57 Å². The zero-order valence-corrected chi connectivity index (χ0v) is 12.4. The molecule has 1 aromatic carbocycles. The van der Waals surface area contributed by atoms with Crippen molar-refractivity contribution in [3.63, 3.8) is 0 Å². The highest BCUT2D eigenvalue weighted by Crippen LogP contribution is 2.34. The van der Waals surface area contributed by atoms with Gasteiger partial charge in [-0.15, -0.1) is 0 Å². The molecule has 0 spiro atoms. The van der Waals surface area contributed by atoms with Gasteiger partial charge >= 0.3 is 0 Å². The van der Waals surface area contributed by atoms with Gasteiger partial charge in [0.15, 0.2) is 0 Å². The lowest BCUT2D eigenvalue weighted by atomic mass is 10.1. The van der Waals surface area contributed by atoms with E-state index >= 15 is 0 Å². The number of rotatable bonds is 1. The summed E-state index contributed by atoms with van der Waals surface area (Å²) in [6.07, 6.45) is 3.72. The molecule has 0 bridgehead atoms. The van der Waals surface area contributed by atoms with Crippen LogP contribution >= 0.6 is 36.7 Å². The summed E-state index contributed by atoms with van der Waals surface area (Å²) >= 11 is 3.22. The molecule has 0 saturated carbocycles. The van der Waals surface area contributed by atoms with Crippen molar-refractivity contribution < 1.29 is 5.11 Å². The number of benzene rings is 1. The SMILES string of the molecule is Oc1cc(Br)ccc1C1=CI=Cn2ccnc21. The molecule has 1 N–H and O–H groups in total. The summed E-state index contributed by atoms with van der Waals surface area (Å²) in [4.78, 5) is 4.34. The van der Waals surface area contributed by atoms with E-state index in [9.17, 15) is 5.11 Å². The van der Waals surface area contributed by atoms with Crippen LogP contribution in [-0.2, 0) is 0 Å². The maximum atomic E-state index is 10.0. The minimum absolute atomic E-state index is 0.122. The number of aromatic nitrogens is 2. The number of hydrogen-bond donors (Lipinski definition) is 1. The molecule has 1 aliphatic rings. The Kier molecular flexibility index (Phi) is 2.87. The number of nitrogens with zero attached hydrogens (tertiary/aromatic N) is 2. The summed E-state index contributed by atoms with van der Waals surface area (Å²) in [6.45, 7) is 0. The van der Waals surface area contributed by atoms with Crippen molar-refractivity contribution in [3.05, 3.63) is 50.5 Å². The van der Waals surface area contributed by atoms with Crippen molar-refractivity contribution in [1.29, 1.82) is 0 Å². The minimum atomic E-state index is -0.122. The van der Waals surface area contributed by atoms with Crippen LogP contribution in [0.4, 0.5) is 0 Å². The van der Waals surface area contributed by atoms with Gasteiger partial charge in [-0.05, 0) is 22.3 Å². The monoisotopic (exact) mass is 402 g/mol. The Morgan fingerprint density at radius 1 is 1.35 bits per heavy atom. The predicted octanol–water partition coefficient (Wildman–Crippen LogP) is 3.33. The summed E-state index contributed by atoms with van der Waals surface area (Å²) in [5.41, 5.74) is 1.86. The molecule has 0 saturated heterocycles. The van der Waals surface area contributed by atoms with E-state index in [-0.39, 0.29) is 26.5 Å². The predicted molar refractivity (Wildman–Crippen MR) is 80.6 cm³/mol. The molecule has 0 atom stereocenters.